The number of carbonyl (C=O) groups is 1. The molecule has 12 heavy (non-hydrogen) atoms. The Bertz CT molecular complexity index is 223. The molecule has 1 aromatic carbocycles. The normalized spacial score (nSPS) is 7.92. The molecule has 1 rings (SSSR count). The van der Waals surface area contributed by atoms with Crippen molar-refractivity contribution < 1.29 is 4.79 Å². The van der Waals surface area contributed by atoms with Gasteiger partial charge in [-0.1, -0.05) is 24.9 Å². The molecule has 1 atom stereocenters. The molecule has 0 heterocycles. The van der Waals surface area contributed by atoms with Crippen molar-refractivity contribution in [2.45, 2.75) is 6.92 Å². The Morgan fingerprint density at radius 2 is 1.75 bits per heavy atom. The molecule has 3 heteroatoms. The van der Waals surface area contributed by atoms with E-state index in [0.717, 1.165) is 5.69 Å². The van der Waals surface area contributed by atoms with E-state index in [9.17, 15) is 4.79 Å². The average molecular weight is 183 g/mol. The van der Waals surface area contributed by atoms with Crippen molar-refractivity contribution in [2.24, 2.45) is 0 Å². The van der Waals surface area contributed by atoms with Crippen LogP contribution in [-0.2, 0) is 4.79 Å². The molecule has 0 spiro atoms. The first-order chi connectivity index (χ1) is 5.79. The Morgan fingerprint density at radius 3 is 2.17 bits per heavy atom. The van der Waals surface area contributed by atoms with Crippen LogP contribution < -0.4 is 5.32 Å². The molecule has 0 aliphatic carbocycles. The summed E-state index contributed by atoms with van der Waals surface area (Å²) in [5.41, 5.74) is 0.843. The number of hydrogen-bond acceptors (Lipinski definition) is 1. The summed E-state index contributed by atoms with van der Waals surface area (Å²) in [5.74, 6) is -0.0359. The largest absolute Gasteiger partial charge is 0.326 e. The fourth-order valence-corrected chi connectivity index (χ4v) is 0.725. The lowest BCUT2D eigenvalue weighted by Crippen LogP contribution is -2.04. The van der Waals surface area contributed by atoms with Gasteiger partial charge in [-0.25, -0.2) is 0 Å². The SMILES string of the molecule is CC(=O)Nc1ccccc1.CP. The molecule has 66 valence electrons. The summed E-state index contributed by atoms with van der Waals surface area (Å²) in [5, 5.41) is 2.67. The molecule has 1 unspecified atom stereocenters. The van der Waals surface area contributed by atoms with Crippen molar-refractivity contribution in [3.8, 4) is 0 Å². The molecule has 0 bridgehead atoms. The predicted molar refractivity (Wildman–Crippen MR) is 56.4 cm³/mol. The monoisotopic (exact) mass is 183 g/mol. The second-order valence-corrected chi connectivity index (χ2v) is 2.05. The van der Waals surface area contributed by atoms with E-state index >= 15 is 0 Å². The van der Waals surface area contributed by atoms with Crippen LogP contribution in [0.1, 0.15) is 6.92 Å². The van der Waals surface area contributed by atoms with Crippen LogP contribution in [0.5, 0.6) is 0 Å². The van der Waals surface area contributed by atoms with Gasteiger partial charge in [0.2, 0.25) is 5.91 Å². The van der Waals surface area contributed by atoms with E-state index in [4.69, 9.17) is 0 Å². The average Bonchev–Trinajstić information content (AvgIpc) is 2.08. The van der Waals surface area contributed by atoms with E-state index in [0.29, 0.717) is 0 Å². The molecule has 0 radical (unpaired) electrons. The molecule has 0 aliphatic heterocycles. The summed E-state index contributed by atoms with van der Waals surface area (Å²) in [7, 11) is 2.42. The first-order valence-electron chi connectivity index (χ1n) is 3.69. The Labute approximate surface area is 75.6 Å². The van der Waals surface area contributed by atoms with Crippen LogP contribution in [0.2, 0.25) is 0 Å². The first-order valence-corrected chi connectivity index (χ1v) is 4.85. The summed E-state index contributed by atoms with van der Waals surface area (Å²) in [4.78, 5) is 10.5. The van der Waals surface area contributed by atoms with E-state index in [-0.39, 0.29) is 5.91 Å². The van der Waals surface area contributed by atoms with E-state index in [1.54, 1.807) is 0 Å². The van der Waals surface area contributed by atoms with Crippen LogP contribution in [0.3, 0.4) is 0 Å². The zero-order valence-electron chi connectivity index (χ0n) is 7.37. The Hall–Kier alpha value is -0.880. The van der Waals surface area contributed by atoms with Crippen molar-refractivity contribution in [2.75, 3.05) is 12.0 Å². The lowest BCUT2D eigenvalue weighted by atomic mass is 10.3. The van der Waals surface area contributed by atoms with Crippen molar-refractivity contribution in [3.05, 3.63) is 30.3 Å². The second-order valence-electron chi connectivity index (χ2n) is 2.05. The summed E-state index contributed by atoms with van der Waals surface area (Å²) in [6, 6.07) is 9.37. The fraction of sp³-hybridized carbons (Fsp3) is 0.222. The third kappa shape index (κ3) is 4.86. The molecule has 0 saturated heterocycles. The van der Waals surface area contributed by atoms with Crippen LogP contribution in [0.25, 0.3) is 0 Å². The lowest BCUT2D eigenvalue weighted by molar-refractivity contribution is -0.114. The molecule has 2 nitrogen and oxygen atoms in total. The molecule has 0 fully saturated rings. The topological polar surface area (TPSA) is 29.1 Å². The summed E-state index contributed by atoms with van der Waals surface area (Å²) in [6.45, 7) is 3.41. The van der Waals surface area contributed by atoms with Gasteiger partial charge >= 0.3 is 0 Å². The van der Waals surface area contributed by atoms with Gasteiger partial charge in [-0.05, 0) is 12.1 Å². The molecule has 1 aromatic rings. The minimum absolute atomic E-state index is 0.0359. The van der Waals surface area contributed by atoms with Crippen molar-refractivity contribution >= 4 is 20.8 Å². The van der Waals surface area contributed by atoms with Gasteiger partial charge in [-0.15, -0.1) is 9.24 Å². The Balaban J connectivity index is 0.000000561. The molecule has 0 aromatic heterocycles. The van der Waals surface area contributed by atoms with Gasteiger partial charge in [0.25, 0.3) is 0 Å². The lowest BCUT2D eigenvalue weighted by Gasteiger charge is -1.98. The molecule has 0 aliphatic rings. The van der Waals surface area contributed by atoms with Gasteiger partial charge < -0.3 is 5.32 Å². The van der Waals surface area contributed by atoms with Crippen LogP contribution in [0.15, 0.2) is 30.3 Å². The van der Waals surface area contributed by atoms with Crippen molar-refractivity contribution in [3.63, 3.8) is 0 Å². The van der Waals surface area contributed by atoms with E-state index in [2.05, 4.69) is 14.6 Å². The number of nitrogens with one attached hydrogen (secondary N) is 1. The Morgan fingerprint density at radius 1 is 1.25 bits per heavy atom. The molecule has 1 amide bonds. The minimum atomic E-state index is -0.0359. The predicted octanol–water partition coefficient (Wildman–Crippen LogP) is 2.14. The summed E-state index contributed by atoms with van der Waals surface area (Å²) < 4.78 is 0. The fourth-order valence-electron chi connectivity index (χ4n) is 0.725. The van der Waals surface area contributed by atoms with E-state index in [1.165, 1.54) is 6.92 Å². The van der Waals surface area contributed by atoms with Gasteiger partial charge in [-0.3, -0.25) is 4.79 Å². The van der Waals surface area contributed by atoms with Gasteiger partial charge in [0.1, 0.15) is 0 Å². The summed E-state index contributed by atoms with van der Waals surface area (Å²) in [6.07, 6.45) is 0. The van der Waals surface area contributed by atoms with Crippen LogP contribution in [0, 0.1) is 0 Å². The van der Waals surface area contributed by atoms with Crippen LogP contribution in [0.4, 0.5) is 5.69 Å². The highest BCUT2D eigenvalue weighted by molar-refractivity contribution is 7.15. The smallest absolute Gasteiger partial charge is 0.221 e. The van der Waals surface area contributed by atoms with E-state index < -0.39 is 0 Å². The van der Waals surface area contributed by atoms with Crippen molar-refractivity contribution in [1.82, 2.24) is 0 Å². The highest BCUT2D eigenvalue weighted by Gasteiger charge is 1.90. The second kappa shape index (κ2) is 6.81. The zero-order chi connectivity index (χ0) is 9.40. The van der Waals surface area contributed by atoms with Crippen molar-refractivity contribution in [1.29, 1.82) is 0 Å². The zero-order valence-corrected chi connectivity index (χ0v) is 8.53. The van der Waals surface area contributed by atoms with Crippen LogP contribution >= 0.6 is 9.24 Å². The van der Waals surface area contributed by atoms with Gasteiger partial charge in [0.05, 0.1) is 0 Å². The van der Waals surface area contributed by atoms with Gasteiger partial charge in [-0.2, -0.15) is 0 Å². The third-order valence-corrected chi connectivity index (χ3v) is 1.09. The minimum Gasteiger partial charge on any atom is -0.326 e. The maximum Gasteiger partial charge on any atom is 0.221 e. The number of para-hydroxylation sites is 1. The maximum atomic E-state index is 10.5. The molecule has 1 N–H and O–H groups in total. The maximum absolute atomic E-state index is 10.5. The quantitative estimate of drug-likeness (QED) is 0.664. The number of anilines is 1. The third-order valence-electron chi connectivity index (χ3n) is 1.09. The highest BCUT2D eigenvalue weighted by Crippen LogP contribution is 2.03. The number of benzene rings is 1. The number of carbonyl (C=O) groups excluding carboxylic acids is 1. The standard InChI is InChI=1S/C8H9NO.CH5P/c1-7(10)9-8-5-3-2-4-6-8;1-2/h2-6H,1H3,(H,9,10);2H2,1H3. The van der Waals surface area contributed by atoms with E-state index in [1.807, 2.05) is 37.0 Å². The van der Waals surface area contributed by atoms with Gasteiger partial charge in [0, 0.05) is 12.6 Å². The Kier molecular flexibility index (Phi) is 6.31. The molecule has 0 saturated carbocycles. The number of rotatable bonds is 1. The first kappa shape index (κ1) is 11.1. The highest BCUT2D eigenvalue weighted by atomic mass is 31.0. The van der Waals surface area contributed by atoms with Gasteiger partial charge in [0.15, 0.2) is 0 Å². The molecular weight excluding hydrogens is 169 g/mol. The summed E-state index contributed by atoms with van der Waals surface area (Å²) >= 11 is 0. The van der Waals surface area contributed by atoms with Crippen LogP contribution in [-0.4, -0.2) is 12.6 Å². The molecular formula is C9H14NOP. The number of amides is 1. The number of hydrogen-bond donors (Lipinski definition) is 1.